The summed E-state index contributed by atoms with van der Waals surface area (Å²) in [4.78, 5) is 8.46. The van der Waals surface area contributed by atoms with E-state index in [1.54, 1.807) is 12.4 Å². The van der Waals surface area contributed by atoms with Crippen molar-refractivity contribution in [2.75, 3.05) is 0 Å². The van der Waals surface area contributed by atoms with E-state index < -0.39 is 12.7 Å². The minimum absolute atomic E-state index is 0.170. The van der Waals surface area contributed by atoms with Gasteiger partial charge in [0.2, 0.25) is 0 Å². The van der Waals surface area contributed by atoms with Crippen LogP contribution >= 0.6 is 0 Å². The van der Waals surface area contributed by atoms with Crippen molar-refractivity contribution in [3.05, 3.63) is 48.3 Å². The van der Waals surface area contributed by atoms with Gasteiger partial charge in [-0.25, -0.2) is 0 Å². The normalized spacial score (nSPS) is 16.6. The smallest absolute Gasteiger partial charge is 0.334 e. The molecule has 0 bridgehead atoms. The van der Waals surface area contributed by atoms with Gasteiger partial charge >= 0.3 is 6.18 Å². The molecule has 0 radical (unpaired) electrons. The summed E-state index contributed by atoms with van der Waals surface area (Å²) in [6.07, 6.45) is 4.49. The maximum absolute atomic E-state index is 12.4. The molecule has 25 heavy (non-hydrogen) atoms. The molecule has 0 aliphatic heterocycles. The highest BCUT2D eigenvalue weighted by atomic mass is 19.4. The molecule has 4 rings (SSSR count). The van der Waals surface area contributed by atoms with Crippen molar-refractivity contribution in [1.29, 1.82) is 0 Å². The van der Waals surface area contributed by atoms with Gasteiger partial charge in [0.1, 0.15) is 6.54 Å². The average Bonchev–Trinajstić information content (AvgIpc) is 3.15. The Hall–Kier alpha value is -2.71. The summed E-state index contributed by atoms with van der Waals surface area (Å²) in [6.45, 7) is -1.16. The lowest BCUT2D eigenvalue weighted by atomic mass is 9.64. The van der Waals surface area contributed by atoms with E-state index in [1.807, 2.05) is 12.1 Å². The number of rotatable bonds is 4. The van der Waals surface area contributed by atoms with Crippen molar-refractivity contribution in [2.24, 2.45) is 0 Å². The molecule has 3 heterocycles. The van der Waals surface area contributed by atoms with Gasteiger partial charge in [-0.15, -0.1) is 0 Å². The number of nitrogens with zero attached hydrogens (tertiary/aromatic N) is 5. The second-order valence-electron chi connectivity index (χ2n) is 6.14. The molecular weight excluding hydrogens is 335 g/mol. The third-order valence-electron chi connectivity index (χ3n) is 4.52. The highest BCUT2D eigenvalue weighted by Crippen LogP contribution is 2.47. The van der Waals surface area contributed by atoms with Gasteiger partial charge in [-0.2, -0.15) is 23.3 Å². The van der Waals surface area contributed by atoms with Crippen molar-refractivity contribution >= 4 is 0 Å². The minimum atomic E-state index is -4.33. The minimum Gasteiger partial charge on any atom is -0.334 e. The molecular formula is C16H14F3N5O. The first-order chi connectivity index (χ1) is 12.0. The summed E-state index contributed by atoms with van der Waals surface area (Å²) < 4.78 is 43.4. The second-order valence-corrected chi connectivity index (χ2v) is 6.14. The predicted octanol–water partition coefficient (Wildman–Crippen LogP) is 3.36. The number of hydrogen-bond donors (Lipinski definition) is 0. The standard InChI is InChI=1S/C16H14F3N5O/c17-16(18,19)10-24-9-11(8-21-24)13-22-14(23-25-13)15(4-1-5-15)12-2-6-20-7-3-12/h2-3,6-9H,1,4-5,10H2. The Kier molecular flexibility index (Phi) is 3.59. The second kappa shape index (κ2) is 5.68. The summed E-state index contributed by atoms with van der Waals surface area (Å²) in [7, 11) is 0. The van der Waals surface area contributed by atoms with Gasteiger partial charge in [-0.05, 0) is 30.5 Å². The van der Waals surface area contributed by atoms with Crippen LogP contribution in [-0.2, 0) is 12.0 Å². The fraction of sp³-hybridized carbons (Fsp3) is 0.375. The SMILES string of the molecule is FC(F)(F)Cn1cc(-c2nc(C3(c4ccncc4)CCC3)no2)cn1. The molecule has 9 heteroatoms. The molecule has 0 amide bonds. The monoisotopic (exact) mass is 349 g/mol. The Morgan fingerprint density at radius 2 is 1.96 bits per heavy atom. The van der Waals surface area contributed by atoms with Crippen molar-refractivity contribution in [1.82, 2.24) is 24.9 Å². The fourth-order valence-corrected chi connectivity index (χ4v) is 3.12. The molecule has 0 saturated heterocycles. The predicted molar refractivity (Wildman–Crippen MR) is 80.4 cm³/mol. The highest BCUT2D eigenvalue weighted by Gasteiger charge is 2.44. The van der Waals surface area contributed by atoms with E-state index in [0.29, 0.717) is 11.4 Å². The molecule has 0 unspecified atom stereocenters. The van der Waals surface area contributed by atoms with Gasteiger partial charge in [0, 0.05) is 18.6 Å². The van der Waals surface area contributed by atoms with Crippen LogP contribution < -0.4 is 0 Å². The number of aromatic nitrogens is 5. The Morgan fingerprint density at radius 3 is 2.60 bits per heavy atom. The molecule has 0 atom stereocenters. The van der Waals surface area contributed by atoms with E-state index in [0.717, 1.165) is 29.5 Å². The van der Waals surface area contributed by atoms with E-state index in [4.69, 9.17) is 4.52 Å². The first-order valence-corrected chi connectivity index (χ1v) is 7.81. The Bertz CT molecular complexity index is 867. The first kappa shape index (κ1) is 15.8. The van der Waals surface area contributed by atoms with Crippen molar-refractivity contribution in [3.8, 4) is 11.5 Å². The van der Waals surface area contributed by atoms with Crippen LogP contribution in [0, 0.1) is 0 Å². The third kappa shape index (κ3) is 2.90. The zero-order chi connectivity index (χ0) is 17.5. The maximum atomic E-state index is 12.4. The van der Waals surface area contributed by atoms with Crippen LogP contribution in [-0.4, -0.2) is 31.1 Å². The number of alkyl halides is 3. The first-order valence-electron chi connectivity index (χ1n) is 7.81. The van der Waals surface area contributed by atoms with Crippen LogP contribution in [0.1, 0.15) is 30.7 Å². The molecule has 6 nitrogen and oxygen atoms in total. The van der Waals surface area contributed by atoms with Crippen LogP contribution in [0.3, 0.4) is 0 Å². The van der Waals surface area contributed by atoms with E-state index in [1.165, 1.54) is 12.4 Å². The molecule has 3 aromatic heterocycles. The van der Waals surface area contributed by atoms with Gasteiger partial charge in [0.05, 0.1) is 17.2 Å². The molecule has 1 fully saturated rings. The van der Waals surface area contributed by atoms with Crippen LogP contribution in [0.2, 0.25) is 0 Å². The van der Waals surface area contributed by atoms with Crippen LogP contribution in [0.4, 0.5) is 13.2 Å². The molecule has 130 valence electrons. The topological polar surface area (TPSA) is 69.6 Å². The van der Waals surface area contributed by atoms with Crippen molar-refractivity contribution in [2.45, 2.75) is 37.4 Å². The van der Waals surface area contributed by atoms with E-state index in [-0.39, 0.29) is 11.3 Å². The Morgan fingerprint density at radius 1 is 1.20 bits per heavy atom. The van der Waals surface area contributed by atoms with Crippen molar-refractivity contribution < 1.29 is 17.7 Å². The van der Waals surface area contributed by atoms with E-state index >= 15 is 0 Å². The summed E-state index contributed by atoms with van der Waals surface area (Å²) in [5.41, 5.74) is 1.12. The molecule has 0 N–H and O–H groups in total. The lowest BCUT2D eigenvalue weighted by Crippen LogP contribution is -2.36. The van der Waals surface area contributed by atoms with Crippen molar-refractivity contribution in [3.63, 3.8) is 0 Å². The zero-order valence-electron chi connectivity index (χ0n) is 13.1. The quantitative estimate of drug-likeness (QED) is 0.722. The van der Waals surface area contributed by atoms with Gasteiger partial charge < -0.3 is 4.52 Å². The summed E-state index contributed by atoms with van der Waals surface area (Å²) in [5, 5.41) is 7.78. The van der Waals surface area contributed by atoms with Gasteiger partial charge in [0.15, 0.2) is 5.82 Å². The van der Waals surface area contributed by atoms with E-state index in [9.17, 15) is 13.2 Å². The molecule has 0 aromatic carbocycles. The highest BCUT2D eigenvalue weighted by molar-refractivity contribution is 5.50. The summed E-state index contributed by atoms with van der Waals surface area (Å²) >= 11 is 0. The van der Waals surface area contributed by atoms with Crippen LogP contribution in [0.15, 0.2) is 41.4 Å². The Balaban J connectivity index is 1.62. The van der Waals surface area contributed by atoms with Crippen LogP contribution in [0.5, 0.6) is 0 Å². The molecule has 1 aliphatic rings. The molecule has 3 aromatic rings. The lowest BCUT2D eigenvalue weighted by molar-refractivity contribution is -0.142. The summed E-state index contributed by atoms with van der Waals surface area (Å²) in [6, 6.07) is 3.85. The van der Waals surface area contributed by atoms with Gasteiger partial charge in [0.25, 0.3) is 5.89 Å². The van der Waals surface area contributed by atoms with E-state index in [2.05, 4.69) is 20.2 Å². The zero-order valence-corrected chi connectivity index (χ0v) is 13.1. The van der Waals surface area contributed by atoms with Gasteiger partial charge in [-0.3, -0.25) is 9.67 Å². The molecule has 1 aliphatic carbocycles. The average molecular weight is 349 g/mol. The largest absolute Gasteiger partial charge is 0.408 e. The maximum Gasteiger partial charge on any atom is 0.408 e. The number of pyridine rings is 1. The molecule has 0 spiro atoms. The third-order valence-corrected chi connectivity index (χ3v) is 4.52. The lowest BCUT2D eigenvalue weighted by Gasteiger charge is -2.39. The van der Waals surface area contributed by atoms with Gasteiger partial charge in [-0.1, -0.05) is 11.6 Å². The molecule has 1 saturated carbocycles. The fourth-order valence-electron chi connectivity index (χ4n) is 3.12. The van der Waals surface area contributed by atoms with Crippen LogP contribution in [0.25, 0.3) is 11.5 Å². The summed E-state index contributed by atoms with van der Waals surface area (Å²) in [5.74, 6) is 0.715. The Labute approximate surface area is 140 Å². The number of halogens is 3. The number of hydrogen-bond acceptors (Lipinski definition) is 5.